The van der Waals surface area contributed by atoms with Gasteiger partial charge in [0.15, 0.2) is 11.5 Å². The van der Waals surface area contributed by atoms with Crippen LogP contribution in [0.3, 0.4) is 0 Å². The van der Waals surface area contributed by atoms with Crippen LogP contribution in [0, 0.1) is 0 Å². The fourth-order valence-electron chi connectivity index (χ4n) is 2.19. The quantitative estimate of drug-likeness (QED) is 0.620. The van der Waals surface area contributed by atoms with Crippen molar-refractivity contribution in [3.8, 4) is 11.5 Å². The lowest BCUT2D eigenvalue weighted by Crippen LogP contribution is -2.42. The van der Waals surface area contributed by atoms with Crippen molar-refractivity contribution in [2.24, 2.45) is 5.10 Å². The molecule has 0 spiro atoms. The average molecular weight is 342 g/mol. The van der Waals surface area contributed by atoms with Crippen LogP contribution in [0.25, 0.3) is 0 Å². The molecule has 0 aromatic heterocycles. The minimum Gasteiger partial charge on any atom is -0.493 e. The maximum atomic E-state index is 11.8. The number of hydrogen-bond donors (Lipinski definition) is 1. The molecule has 0 saturated carbocycles. The molecule has 7 nitrogen and oxygen atoms in total. The molecule has 0 unspecified atom stereocenters. The Kier molecular flexibility index (Phi) is 6.64. The van der Waals surface area contributed by atoms with Gasteiger partial charge in [-0.3, -0.25) is 9.69 Å². The molecule has 8 heteroatoms. The third kappa shape index (κ3) is 5.09. The van der Waals surface area contributed by atoms with Crippen LogP contribution in [0.1, 0.15) is 5.56 Å². The van der Waals surface area contributed by atoms with E-state index in [9.17, 15) is 4.79 Å². The first-order valence-corrected chi connectivity index (χ1v) is 7.55. The summed E-state index contributed by atoms with van der Waals surface area (Å²) < 4.78 is 15.6. The zero-order valence-corrected chi connectivity index (χ0v) is 13.9. The zero-order chi connectivity index (χ0) is 16.7. The molecule has 1 saturated heterocycles. The number of ether oxygens (including phenoxy) is 3. The van der Waals surface area contributed by atoms with Crippen LogP contribution in [0.5, 0.6) is 11.5 Å². The van der Waals surface area contributed by atoms with E-state index in [-0.39, 0.29) is 5.91 Å². The molecule has 1 N–H and O–H groups in total. The first-order chi connectivity index (χ1) is 11.1. The fraction of sp³-hybridized carbons (Fsp3) is 0.467. The summed E-state index contributed by atoms with van der Waals surface area (Å²) in [6, 6.07) is 3.41. The summed E-state index contributed by atoms with van der Waals surface area (Å²) in [4.78, 5) is 13.8. The molecule has 2 rings (SSSR count). The number of nitrogens with zero attached hydrogens (tertiary/aromatic N) is 2. The number of hydrogen-bond acceptors (Lipinski definition) is 6. The van der Waals surface area contributed by atoms with Gasteiger partial charge in [-0.2, -0.15) is 5.10 Å². The molecule has 126 valence electrons. The van der Waals surface area contributed by atoms with Gasteiger partial charge in [-0.25, -0.2) is 5.43 Å². The van der Waals surface area contributed by atoms with Crippen molar-refractivity contribution in [1.82, 2.24) is 10.3 Å². The minimum atomic E-state index is -0.172. The fourth-order valence-corrected chi connectivity index (χ4v) is 2.49. The molecule has 0 atom stereocenters. The van der Waals surface area contributed by atoms with Crippen molar-refractivity contribution in [2.75, 3.05) is 47.1 Å². The Morgan fingerprint density at radius 1 is 1.39 bits per heavy atom. The number of carbonyl (C=O) groups excluding carboxylic acids is 1. The number of amides is 1. The Labute approximate surface area is 140 Å². The standard InChI is InChI=1S/C15H20ClN3O4/c1-21-13-8-11(7-12(16)15(13)22-2)9-17-18-14(20)10-19-3-5-23-6-4-19/h7-9H,3-6,10H2,1-2H3,(H,18,20)/b17-9+. The monoisotopic (exact) mass is 341 g/mol. The minimum absolute atomic E-state index is 0.172. The first-order valence-electron chi connectivity index (χ1n) is 7.17. The Morgan fingerprint density at radius 3 is 2.78 bits per heavy atom. The van der Waals surface area contributed by atoms with Crippen molar-refractivity contribution < 1.29 is 19.0 Å². The highest BCUT2D eigenvalue weighted by Gasteiger charge is 2.13. The van der Waals surface area contributed by atoms with Gasteiger partial charge in [-0.1, -0.05) is 11.6 Å². The highest BCUT2D eigenvalue weighted by molar-refractivity contribution is 6.32. The molecule has 0 radical (unpaired) electrons. The number of benzene rings is 1. The van der Waals surface area contributed by atoms with Crippen LogP contribution >= 0.6 is 11.6 Å². The second-order valence-electron chi connectivity index (χ2n) is 4.92. The van der Waals surface area contributed by atoms with E-state index < -0.39 is 0 Å². The van der Waals surface area contributed by atoms with Crippen molar-refractivity contribution in [1.29, 1.82) is 0 Å². The Hall–Kier alpha value is -1.83. The number of morpholine rings is 1. The lowest BCUT2D eigenvalue weighted by atomic mass is 10.2. The summed E-state index contributed by atoms with van der Waals surface area (Å²) in [6.45, 7) is 3.11. The highest BCUT2D eigenvalue weighted by atomic mass is 35.5. The number of carbonyl (C=O) groups is 1. The van der Waals surface area contributed by atoms with Gasteiger partial charge in [0.1, 0.15) is 0 Å². The van der Waals surface area contributed by atoms with E-state index in [1.54, 1.807) is 12.1 Å². The number of halogens is 1. The third-order valence-electron chi connectivity index (χ3n) is 3.33. The molecular weight excluding hydrogens is 322 g/mol. The normalized spacial score (nSPS) is 15.6. The number of nitrogens with one attached hydrogen (secondary N) is 1. The van der Waals surface area contributed by atoms with E-state index in [1.807, 2.05) is 4.90 Å². The largest absolute Gasteiger partial charge is 0.493 e. The topological polar surface area (TPSA) is 72.4 Å². The van der Waals surface area contributed by atoms with Gasteiger partial charge in [-0.05, 0) is 17.7 Å². The maximum Gasteiger partial charge on any atom is 0.254 e. The van der Waals surface area contributed by atoms with Crippen LogP contribution < -0.4 is 14.9 Å². The van der Waals surface area contributed by atoms with Crippen molar-refractivity contribution in [3.63, 3.8) is 0 Å². The predicted octanol–water partition coefficient (Wildman–Crippen LogP) is 1.14. The summed E-state index contributed by atoms with van der Waals surface area (Å²) in [5, 5.41) is 4.35. The molecule has 1 aliphatic heterocycles. The average Bonchev–Trinajstić information content (AvgIpc) is 2.55. The molecule has 1 amide bonds. The van der Waals surface area contributed by atoms with E-state index in [0.29, 0.717) is 41.8 Å². The maximum absolute atomic E-state index is 11.8. The van der Waals surface area contributed by atoms with Gasteiger partial charge >= 0.3 is 0 Å². The Bertz CT molecular complexity index is 574. The van der Waals surface area contributed by atoms with Crippen LogP contribution in [-0.2, 0) is 9.53 Å². The van der Waals surface area contributed by atoms with Gasteiger partial charge in [0.2, 0.25) is 0 Å². The zero-order valence-electron chi connectivity index (χ0n) is 13.2. The van der Waals surface area contributed by atoms with E-state index in [1.165, 1.54) is 20.4 Å². The second kappa shape index (κ2) is 8.71. The van der Waals surface area contributed by atoms with Gasteiger partial charge in [0, 0.05) is 13.1 Å². The molecule has 23 heavy (non-hydrogen) atoms. The van der Waals surface area contributed by atoms with Gasteiger partial charge < -0.3 is 14.2 Å². The molecule has 1 aliphatic rings. The summed E-state index contributed by atoms with van der Waals surface area (Å²) in [5.74, 6) is 0.790. The van der Waals surface area contributed by atoms with Crippen LogP contribution in [0.4, 0.5) is 0 Å². The molecule has 0 aliphatic carbocycles. The van der Waals surface area contributed by atoms with Crippen molar-refractivity contribution in [3.05, 3.63) is 22.7 Å². The molecule has 0 bridgehead atoms. The predicted molar refractivity (Wildman–Crippen MR) is 87.6 cm³/mol. The Balaban J connectivity index is 1.92. The summed E-state index contributed by atoms with van der Waals surface area (Å²) in [5.41, 5.74) is 3.19. The van der Waals surface area contributed by atoms with E-state index in [0.717, 1.165) is 13.1 Å². The number of rotatable bonds is 6. The highest BCUT2D eigenvalue weighted by Crippen LogP contribution is 2.35. The van der Waals surface area contributed by atoms with Crippen LogP contribution in [0.15, 0.2) is 17.2 Å². The molecule has 1 heterocycles. The Morgan fingerprint density at radius 2 is 2.13 bits per heavy atom. The molecule has 1 aromatic carbocycles. The lowest BCUT2D eigenvalue weighted by molar-refractivity contribution is -0.123. The summed E-state index contributed by atoms with van der Waals surface area (Å²) in [7, 11) is 3.04. The van der Waals surface area contributed by atoms with E-state index in [2.05, 4.69) is 10.5 Å². The van der Waals surface area contributed by atoms with E-state index >= 15 is 0 Å². The first kappa shape index (κ1) is 17.5. The second-order valence-corrected chi connectivity index (χ2v) is 5.33. The van der Waals surface area contributed by atoms with Crippen molar-refractivity contribution in [2.45, 2.75) is 0 Å². The third-order valence-corrected chi connectivity index (χ3v) is 3.61. The van der Waals surface area contributed by atoms with Crippen molar-refractivity contribution >= 4 is 23.7 Å². The van der Waals surface area contributed by atoms with Gasteiger partial charge in [0.05, 0.1) is 45.2 Å². The summed E-state index contributed by atoms with van der Waals surface area (Å²) >= 11 is 6.11. The number of methoxy groups -OCH3 is 2. The molecule has 1 aromatic rings. The van der Waals surface area contributed by atoms with Crippen LogP contribution in [0.2, 0.25) is 5.02 Å². The van der Waals surface area contributed by atoms with Gasteiger partial charge in [-0.15, -0.1) is 0 Å². The smallest absolute Gasteiger partial charge is 0.254 e. The van der Waals surface area contributed by atoms with Gasteiger partial charge in [0.25, 0.3) is 5.91 Å². The SMILES string of the molecule is COc1cc(/C=N/NC(=O)CN2CCOCC2)cc(Cl)c1OC. The molecular formula is C15H20ClN3O4. The lowest BCUT2D eigenvalue weighted by Gasteiger charge is -2.25. The van der Waals surface area contributed by atoms with E-state index in [4.69, 9.17) is 25.8 Å². The number of hydrazone groups is 1. The molecule has 1 fully saturated rings. The van der Waals surface area contributed by atoms with Crippen LogP contribution in [-0.4, -0.2) is 64.1 Å². The summed E-state index contributed by atoms with van der Waals surface area (Å²) in [6.07, 6.45) is 1.51.